The summed E-state index contributed by atoms with van der Waals surface area (Å²) in [4.78, 5) is 12.7. The summed E-state index contributed by atoms with van der Waals surface area (Å²) in [7, 11) is 0. The van der Waals surface area contributed by atoms with Gasteiger partial charge in [-0.05, 0) is 30.5 Å². The SMILES string of the molecule is CCN(CCC(=O)O)C(C)c1csc(Cl)c1. The zero-order valence-corrected chi connectivity index (χ0v) is 11.0. The molecule has 0 bridgehead atoms. The molecule has 0 aromatic carbocycles. The number of carbonyl (C=O) groups is 1. The Morgan fingerprint density at radius 3 is 2.81 bits per heavy atom. The zero-order valence-electron chi connectivity index (χ0n) is 9.44. The summed E-state index contributed by atoms with van der Waals surface area (Å²) in [5.41, 5.74) is 1.15. The summed E-state index contributed by atoms with van der Waals surface area (Å²) in [6, 6.07) is 2.16. The van der Waals surface area contributed by atoms with Crippen molar-refractivity contribution in [2.75, 3.05) is 13.1 Å². The average Bonchev–Trinajstić information content (AvgIpc) is 2.65. The number of carboxylic acid groups (broad SMARTS) is 1. The first-order chi connectivity index (χ1) is 7.54. The molecular formula is C11H16ClNO2S. The summed E-state index contributed by atoms with van der Waals surface area (Å²) in [5, 5.41) is 10.7. The fourth-order valence-corrected chi connectivity index (χ4v) is 2.60. The van der Waals surface area contributed by atoms with Crippen LogP contribution in [0.15, 0.2) is 11.4 Å². The molecule has 0 aliphatic rings. The molecule has 0 spiro atoms. The maximum atomic E-state index is 10.5. The Bertz CT molecular complexity index is 354. The van der Waals surface area contributed by atoms with Crippen LogP contribution in [0.5, 0.6) is 0 Å². The highest BCUT2D eigenvalue weighted by molar-refractivity contribution is 7.14. The Morgan fingerprint density at radius 2 is 2.38 bits per heavy atom. The molecule has 0 aliphatic carbocycles. The van der Waals surface area contributed by atoms with Crippen molar-refractivity contribution >= 4 is 28.9 Å². The Labute approximate surface area is 105 Å². The molecule has 90 valence electrons. The lowest BCUT2D eigenvalue weighted by Crippen LogP contribution is -2.29. The molecule has 3 nitrogen and oxygen atoms in total. The second-order valence-electron chi connectivity index (χ2n) is 3.63. The lowest BCUT2D eigenvalue weighted by molar-refractivity contribution is -0.137. The molecule has 0 amide bonds. The van der Waals surface area contributed by atoms with Crippen molar-refractivity contribution in [1.82, 2.24) is 4.90 Å². The second kappa shape index (κ2) is 6.23. The maximum absolute atomic E-state index is 10.5. The van der Waals surface area contributed by atoms with Crippen molar-refractivity contribution in [1.29, 1.82) is 0 Å². The Hall–Kier alpha value is -0.580. The summed E-state index contributed by atoms with van der Waals surface area (Å²) < 4.78 is 0.774. The standard InChI is InChI=1S/C11H16ClNO2S/c1-3-13(5-4-11(14)15)8(2)9-6-10(12)16-7-9/h6-8H,3-5H2,1-2H3,(H,14,15). The van der Waals surface area contributed by atoms with E-state index in [1.54, 1.807) is 0 Å². The Balaban J connectivity index is 2.61. The summed E-state index contributed by atoms with van der Waals surface area (Å²) >= 11 is 7.39. The van der Waals surface area contributed by atoms with Crippen LogP contribution < -0.4 is 0 Å². The molecule has 1 heterocycles. The Morgan fingerprint density at radius 1 is 1.69 bits per heavy atom. The van der Waals surface area contributed by atoms with Gasteiger partial charge in [-0.25, -0.2) is 0 Å². The third-order valence-corrected chi connectivity index (χ3v) is 3.75. The minimum Gasteiger partial charge on any atom is -0.481 e. The average molecular weight is 262 g/mol. The Kier molecular flexibility index (Phi) is 5.25. The van der Waals surface area contributed by atoms with Crippen LogP contribution in [0.1, 0.15) is 31.9 Å². The van der Waals surface area contributed by atoms with Crippen LogP contribution in [0, 0.1) is 0 Å². The molecule has 1 N–H and O–H groups in total. The van der Waals surface area contributed by atoms with Crippen molar-refractivity contribution in [2.24, 2.45) is 0 Å². The molecule has 1 atom stereocenters. The number of aliphatic carboxylic acids is 1. The second-order valence-corrected chi connectivity index (χ2v) is 5.17. The quantitative estimate of drug-likeness (QED) is 0.855. The fraction of sp³-hybridized carbons (Fsp3) is 0.545. The van der Waals surface area contributed by atoms with Gasteiger partial charge in [0, 0.05) is 12.6 Å². The normalized spacial score (nSPS) is 13.0. The molecule has 0 saturated heterocycles. The van der Waals surface area contributed by atoms with Crippen LogP contribution in [0.2, 0.25) is 4.34 Å². The molecule has 0 saturated carbocycles. The summed E-state index contributed by atoms with van der Waals surface area (Å²) in [6.07, 6.45) is 0.177. The minimum absolute atomic E-state index is 0.177. The number of rotatable bonds is 6. The highest BCUT2D eigenvalue weighted by Gasteiger charge is 2.16. The van der Waals surface area contributed by atoms with Crippen molar-refractivity contribution in [2.45, 2.75) is 26.3 Å². The van der Waals surface area contributed by atoms with E-state index in [0.29, 0.717) is 6.54 Å². The zero-order chi connectivity index (χ0) is 12.1. The molecule has 1 aromatic rings. The van der Waals surface area contributed by atoms with E-state index in [9.17, 15) is 4.79 Å². The van der Waals surface area contributed by atoms with E-state index in [1.165, 1.54) is 11.3 Å². The molecule has 0 aliphatic heterocycles. The van der Waals surface area contributed by atoms with E-state index in [1.807, 2.05) is 18.4 Å². The lowest BCUT2D eigenvalue weighted by atomic mass is 10.1. The van der Waals surface area contributed by atoms with E-state index < -0.39 is 5.97 Å². The monoisotopic (exact) mass is 261 g/mol. The van der Waals surface area contributed by atoms with Crippen LogP contribution in [0.25, 0.3) is 0 Å². The predicted molar refractivity (Wildman–Crippen MR) is 67.2 cm³/mol. The van der Waals surface area contributed by atoms with Gasteiger partial charge in [0.1, 0.15) is 0 Å². The largest absolute Gasteiger partial charge is 0.481 e. The molecule has 0 radical (unpaired) electrons. The van der Waals surface area contributed by atoms with Gasteiger partial charge >= 0.3 is 5.97 Å². The molecule has 5 heteroatoms. The van der Waals surface area contributed by atoms with E-state index in [2.05, 4.69) is 11.8 Å². The predicted octanol–water partition coefficient (Wildman–Crippen LogP) is 3.26. The molecule has 0 fully saturated rings. The minimum atomic E-state index is -0.756. The van der Waals surface area contributed by atoms with Gasteiger partial charge in [-0.3, -0.25) is 9.69 Å². The topological polar surface area (TPSA) is 40.5 Å². The van der Waals surface area contributed by atoms with E-state index in [0.717, 1.165) is 16.4 Å². The van der Waals surface area contributed by atoms with Gasteiger partial charge in [-0.15, -0.1) is 11.3 Å². The van der Waals surface area contributed by atoms with Crippen LogP contribution in [0.3, 0.4) is 0 Å². The molecular weight excluding hydrogens is 246 g/mol. The first-order valence-electron chi connectivity index (χ1n) is 5.24. The van der Waals surface area contributed by atoms with E-state index in [4.69, 9.17) is 16.7 Å². The molecule has 1 aromatic heterocycles. The summed E-state index contributed by atoms with van der Waals surface area (Å²) in [6.45, 7) is 5.51. The van der Waals surface area contributed by atoms with Crippen LogP contribution in [-0.4, -0.2) is 29.1 Å². The smallest absolute Gasteiger partial charge is 0.304 e. The maximum Gasteiger partial charge on any atom is 0.304 e. The van der Waals surface area contributed by atoms with Crippen molar-refractivity contribution in [3.63, 3.8) is 0 Å². The number of halogens is 1. The highest BCUT2D eigenvalue weighted by Crippen LogP contribution is 2.28. The van der Waals surface area contributed by atoms with E-state index in [-0.39, 0.29) is 12.5 Å². The highest BCUT2D eigenvalue weighted by atomic mass is 35.5. The van der Waals surface area contributed by atoms with Gasteiger partial charge < -0.3 is 5.11 Å². The van der Waals surface area contributed by atoms with Gasteiger partial charge in [0.2, 0.25) is 0 Å². The van der Waals surface area contributed by atoms with Crippen LogP contribution in [0.4, 0.5) is 0 Å². The third-order valence-electron chi connectivity index (χ3n) is 2.64. The van der Waals surface area contributed by atoms with Gasteiger partial charge in [0.15, 0.2) is 0 Å². The van der Waals surface area contributed by atoms with Crippen molar-refractivity contribution in [3.05, 3.63) is 21.3 Å². The van der Waals surface area contributed by atoms with Gasteiger partial charge in [-0.1, -0.05) is 18.5 Å². The number of nitrogens with zero attached hydrogens (tertiary/aromatic N) is 1. The van der Waals surface area contributed by atoms with Crippen molar-refractivity contribution in [3.8, 4) is 0 Å². The first-order valence-corrected chi connectivity index (χ1v) is 6.50. The van der Waals surface area contributed by atoms with Crippen molar-refractivity contribution < 1.29 is 9.90 Å². The van der Waals surface area contributed by atoms with Gasteiger partial charge in [-0.2, -0.15) is 0 Å². The summed E-state index contributed by atoms with van der Waals surface area (Å²) in [5.74, 6) is -0.756. The number of thiophene rings is 1. The fourth-order valence-electron chi connectivity index (χ4n) is 1.62. The molecule has 1 rings (SSSR count). The van der Waals surface area contributed by atoms with Crippen LogP contribution in [-0.2, 0) is 4.79 Å². The van der Waals surface area contributed by atoms with Gasteiger partial charge in [0.25, 0.3) is 0 Å². The number of hydrogen-bond donors (Lipinski definition) is 1. The third kappa shape index (κ3) is 3.77. The van der Waals surface area contributed by atoms with Crippen LogP contribution >= 0.6 is 22.9 Å². The molecule has 1 unspecified atom stereocenters. The molecule has 16 heavy (non-hydrogen) atoms. The van der Waals surface area contributed by atoms with Gasteiger partial charge in [0.05, 0.1) is 10.8 Å². The number of carboxylic acids is 1. The van der Waals surface area contributed by atoms with E-state index >= 15 is 0 Å². The number of hydrogen-bond acceptors (Lipinski definition) is 3. The lowest BCUT2D eigenvalue weighted by Gasteiger charge is -2.26. The first kappa shape index (κ1) is 13.5.